The number of furan rings is 2. The Hall–Kier alpha value is -7.31. The second kappa shape index (κ2) is 25.2. The van der Waals surface area contributed by atoms with E-state index in [0.29, 0.717) is 28.5 Å². The molecule has 4 heterocycles. The number of rotatable bonds is 22. The number of hydrogen-bond acceptors (Lipinski definition) is 12. The lowest BCUT2D eigenvalue weighted by atomic mass is 9.98. The van der Waals surface area contributed by atoms with Crippen LogP contribution in [0.4, 0.5) is 26.3 Å². The molecule has 15 nitrogen and oxygen atoms in total. The average molecular weight is 1270 g/mol. The summed E-state index contributed by atoms with van der Waals surface area (Å²) in [5, 5.41) is 20.0. The highest BCUT2D eigenvalue weighted by Gasteiger charge is 2.37. The Morgan fingerprint density at radius 2 is 1.23 bits per heavy atom. The number of pyridine rings is 2. The van der Waals surface area contributed by atoms with Crippen LogP contribution in [-0.4, -0.2) is 74.3 Å². The number of nitrogens with zero attached hydrogens (tertiary/aromatic N) is 2. The number of aliphatic hydroxyl groups is 1. The molecule has 3 amide bonds. The number of sulfone groups is 2. The monoisotopic (exact) mass is 1270 g/mol. The smallest absolute Gasteiger partial charge is 0.416 e. The predicted molar refractivity (Wildman–Crippen MR) is 310 cm³/mol. The molecule has 0 saturated heterocycles. The van der Waals surface area contributed by atoms with Gasteiger partial charge >= 0.3 is 12.4 Å². The molecule has 3 atom stereocenters. The van der Waals surface area contributed by atoms with E-state index in [9.17, 15) is 62.7 Å². The van der Waals surface area contributed by atoms with Crippen molar-refractivity contribution in [2.75, 3.05) is 24.7 Å². The molecule has 4 aromatic heterocycles. The molecule has 0 bridgehead atoms. The number of carbonyl (C=O) groups excluding carboxylic acids is 3. The number of amides is 3. The summed E-state index contributed by atoms with van der Waals surface area (Å²) in [6.45, 7) is 5.13. The molecule has 25 heteroatoms. The molecular weight excluding hydrogens is 1210 g/mol. The zero-order chi connectivity index (χ0) is 62.2. The predicted octanol–water partition coefficient (Wildman–Crippen LogP) is 12.5. The molecular formula is C61H57Cl2F6N5O10S2. The molecule has 0 spiro atoms. The molecule has 1 aliphatic rings. The Morgan fingerprint density at radius 3 is 1.77 bits per heavy atom. The largest absolute Gasteiger partial charge is 0.460 e. The Bertz CT molecular complexity index is 4150. The summed E-state index contributed by atoms with van der Waals surface area (Å²) in [5.74, 6) is -3.04. The van der Waals surface area contributed by atoms with Crippen molar-refractivity contribution in [3.05, 3.63) is 186 Å². The van der Waals surface area contributed by atoms with Gasteiger partial charge in [0.2, 0.25) is 5.91 Å². The van der Waals surface area contributed by atoms with Gasteiger partial charge < -0.3 is 29.9 Å². The van der Waals surface area contributed by atoms with Crippen LogP contribution in [0.5, 0.6) is 0 Å². The molecule has 9 rings (SSSR count). The quantitative estimate of drug-likeness (QED) is 0.0465. The SMILES string of the molecule is CCc1c(Cc2ccc(Cl)cc2C(F)(F)F)oc2cc(C(=O)N[C@@H](CNC(=O)C(C)Cc3nc([C@H](CO)NC(=O)c4ccc5c(C6CC6)c(Cc6ccc(Cl)cc6C(F)(F)F)oc5c4)ccc3S(=O)(=O)CC)c3ccc(S(=O)(=O)CC)cn3)ccc12. The van der Waals surface area contributed by atoms with Gasteiger partial charge in [-0.25, -0.2) is 16.8 Å². The summed E-state index contributed by atoms with van der Waals surface area (Å²) in [6.07, 6.45) is -7.00. The van der Waals surface area contributed by atoms with Crippen molar-refractivity contribution in [3.63, 3.8) is 0 Å². The van der Waals surface area contributed by atoms with Gasteiger partial charge in [0.25, 0.3) is 11.8 Å². The van der Waals surface area contributed by atoms with Gasteiger partial charge in [0, 0.05) is 81.0 Å². The summed E-state index contributed by atoms with van der Waals surface area (Å²) < 4.78 is 149. The van der Waals surface area contributed by atoms with Crippen molar-refractivity contribution in [3.8, 4) is 0 Å². The highest BCUT2D eigenvalue weighted by molar-refractivity contribution is 7.91. The maximum absolute atomic E-state index is 14.1. The lowest BCUT2D eigenvalue weighted by molar-refractivity contribution is -0.139. The summed E-state index contributed by atoms with van der Waals surface area (Å²) in [4.78, 5) is 50.8. The van der Waals surface area contributed by atoms with E-state index in [0.717, 1.165) is 36.7 Å². The van der Waals surface area contributed by atoms with Crippen LogP contribution in [0.2, 0.25) is 10.0 Å². The molecule has 86 heavy (non-hydrogen) atoms. The standard InChI is InChI=1S/C61H57Cl2F6N5O10S2/c1-5-41-42-17-12-36(25-52(42)83-51(41)23-34-10-14-38(62)27-44(34)60(64,65)66)58(77)73-49(46-19-16-40(29-70-46)85(79,80)6-2)30-71-57(76)32(4)22-48-55(86(81,82)7-3)21-20-47(72-48)50(31-75)74-59(78)37-13-18-43-53(26-37)84-54(56(43)33-8-9-33)24-35-11-15-39(63)28-45(35)61(67,68)69/h10-21,25-29,32-33,49-50,75H,5-9,22-24,30-31H2,1-4H3,(H,71,76)(H,73,77)(H,74,78)/t32?,49-,50-/m0/s1. The van der Waals surface area contributed by atoms with Gasteiger partial charge in [-0.3, -0.25) is 24.4 Å². The molecule has 1 fully saturated rings. The van der Waals surface area contributed by atoms with Gasteiger partial charge in [0.1, 0.15) is 22.7 Å². The number of aromatic nitrogens is 2. The number of aryl methyl sites for hydroxylation is 1. The minimum absolute atomic E-state index is 0.0359. The average Bonchev–Trinajstić information content (AvgIpc) is 2.03. The van der Waals surface area contributed by atoms with Gasteiger partial charge in [-0.1, -0.05) is 75.2 Å². The summed E-state index contributed by atoms with van der Waals surface area (Å²) in [6, 6.07) is 19.0. The van der Waals surface area contributed by atoms with Crippen molar-refractivity contribution < 1.29 is 71.5 Å². The van der Waals surface area contributed by atoms with Crippen LogP contribution in [0, 0.1) is 5.92 Å². The maximum Gasteiger partial charge on any atom is 0.416 e. The molecule has 4 aromatic carbocycles. The van der Waals surface area contributed by atoms with Crippen molar-refractivity contribution in [2.45, 2.75) is 106 Å². The van der Waals surface area contributed by atoms with E-state index >= 15 is 0 Å². The number of carbonyl (C=O) groups is 3. The molecule has 4 N–H and O–H groups in total. The Balaban J connectivity index is 0.932. The van der Waals surface area contributed by atoms with Crippen LogP contribution in [-0.2, 0) is 62.5 Å². The summed E-state index contributed by atoms with van der Waals surface area (Å²) >= 11 is 11.9. The second-order valence-corrected chi connectivity index (χ2v) is 26.3. The van der Waals surface area contributed by atoms with Crippen LogP contribution in [0.3, 0.4) is 0 Å². The number of hydrogen-bond donors (Lipinski definition) is 4. The van der Waals surface area contributed by atoms with E-state index in [1.807, 2.05) is 6.92 Å². The third kappa shape index (κ3) is 13.9. The highest BCUT2D eigenvalue weighted by Crippen LogP contribution is 2.48. The lowest BCUT2D eigenvalue weighted by Gasteiger charge is -2.22. The second-order valence-electron chi connectivity index (χ2n) is 20.9. The fourth-order valence-electron chi connectivity index (χ4n) is 10.3. The molecule has 0 aliphatic heterocycles. The molecule has 8 aromatic rings. The topological polar surface area (TPSA) is 228 Å². The van der Waals surface area contributed by atoms with E-state index in [-0.39, 0.29) is 119 Å². The lowest BCUT2D eigenvalue weighted by Crippen LogP contribution is -2.40. The van der Waals surface area contributed by atoms with Crippen molar-refractivity contribution in [1.29, 1.82) is 0 Å². The van der Waals surface area contributed by atoms with E-state index < -0.39 is 85.5 Å². The molecule has 1 saturated carbocycles. The van der Waals surface area contributed by atoms with Gasteiger partial charge in [-0.2, -0.15) is 26.3 Å². The number of alkyl halides is 6. The molecule has 1 unspecified atom stereocenters. The minimum atomic E-state index is -4.70. The first-order chi connectivity index (χ1) is 40.6. The zero-order valence-electron chi connectivity index (χ0n) is 46.6. The van der Waals surface area contributed by atoms with Crippen LogP contribution < -0.4 is 16.0 Å². The molecule has 1 aliphatic carbocycles. The highest BCUT2D eigenvalue weighted by atomic mass is 35.5. The Kier molecular flexibility index (Phi) is 18.5. The van der Waals surface area contributed by atoms with Crippen LogP contribution in [0.25, 0.3) is 21.9 Å². The van der Waals surface area contributed by atoms with Crippen LogP contribution >= 0.6 is 23.2 Å². The fraction of sp³-hybridized carbons (Fsp3) is 0.328. The maximum atomic E-state index is 14.1. The third-order valence-corrected chi connectivity index (χ3v) is 19.1. The molecule has 0 radical (unpaired) electrons. The first-order valence-electron chi connectivity index (χ1n) is 27.3. The number of benzene rings is 4. The Labute approximate surface area is 500 Å². The number of aliphatic hydroxyl groups excluding tert-OH is 1. The van der Waals surface area contributed by atoms with E-state index in [2.05, 4.69) is 25.9 Å². The van der Waals surface area contributed by atoms with Crippen molar-refractivity contribution >= 4 is 82.5 Å². The first kappa shape index (κ1) is 63.2. The van der Waals surface area contributed by atoms with E-state index in [1.165, 1.54) is 93.6 Å². The minimum Gasteiger partial charge on any atom is -0.460 e. The zero-order valence-corrected chi connectivity index (χ0v) is 49.7. The van der Waals surface area contributed by atoms with E-state index in [4.69, 9.17) is 32.0 Å². The normalized spacial score (nSPS) is 14.3. The Morgan fingerprint density at radius 1 is 0.686 bits per heavy atom. The van der Waals surface area contributed by atoms with Crippen LogP contribution in [0.1, 0.15) is 141 Å². The molecule has 454 valence electrons. The van der Waals surface area contributed by atoms with Gasteiger partial charge in [-0.05, 0) is 109 Å². The first-order valence-corrected chi connectivity index (χ1v) is 31.4. The van der Waals surface area contributed by atoms with Crippen molar-refractivity contribution in [1.82, 2.24) is 25.9 Å². The fourth-order valence-corrected chi connectivity index (χ4v) is 12.6. The van der Waals surface area contributed by atoms with Crippen molar-refractivity contribution in [2.24, 2.45) is 5.92 Å². The number of fused-ring (bicyclic) bond motifs is 2. The van der Waals surface area contributed by atoms with Gasteiger partial charge in [0.05, 0.1) is 68.2 Å². The summed E-state index contributed by atoms with van der Waals surface area (Å²) in [5.41, 5.74) is 0.139. The van der Waals surface area contributed by atoms with Gasteiger partial charge in [0.15, 0.2) is 19.7 Å². The number of nitrogens with one attached hydrogen (secondary N) is 3. The third-order valence-electron chi connectivity index (χ3n) is 15.1. The summed E-state index contributed by atoms with van der Waals surface area (Å²) in [7, 11) is -7.70. The van der Waals surface area contributed by atoms with Crippen LogP contribution in [0.15, 0.2) is 122 Å². The van der Waals surface area contributed by atoms with E-state index in [1.54, 1.807) is 12.1 Å². The van der Waals surface area contributed by atoms with Gasteiger partial charge in [-0.15, -0.1) is 0 Å². The number of halogens is 8.